The van der Waals surface area contributed by atoms with Gasteiger partial charge in [0.25, 0.3) is 0 Å². The number of halogens is 3. The molecule has 0 saturated heterocycles. The van der Waals surface area contributed by atoms with Crippen molar-refractivity contribution in [3.8, 4) is 5.75 Å². The Labute approximate surface area is 142 Å². The van der Waals surface area contributed by atoms with E-state index in [1.807, 2.05) is 0 Å². The number of anilines is 1. The highest BCUT2D eigenvalue weighted by Crippen LogP contribution is 2.35. The molecule has 128 valence electrons. The number of hydrogen-bond donors (Lipinski definition) is 1. The summed E-state index contributed by atoms with van der Waals surface area (Å²) in [6, 6.07) is 12.0. The highest BCUT2D eigenvalue weighted by Gasteiger charge is 2.33. The SMILES string of the molecule is COc1ccc(S[C@@H](C)C(=O)Nc2ccccc2C(F)(F)F)cc1. The maximum atomic E-state index is 12.9. The molecule has 0 aliphatic heterocycles. The first kappa shape index (κ1) is 18.2. The van der Waals surface area contributed by atoms with Gasteiger partial charge in [0.1, 0.15) is 5.75 Å². The van der Waals surface area contributed by atoms with Crippen LogP contribution < -0.4 is 10.1 Å². The minimum Gasteiger partial charge on any atom is -0.497 e. The molecule has 0 heterocycles. The molecule has 1 atom stereocenters. The molecule has 3 nitrogen and oxygen atoms in total. The maximum Gasteiger partial charge on any atom is 0.418 e. The van der Waals surface area contributed by atoms with Crippen LogP contribution in [0.2, 0.25) is 0 Å². The molecule has 0 spiro atoms. The molecule has 2 aromatic rings. The van der Waals surface area contributed by atoms with Gasteiger partial charge in [-0.2, -0.15) is 13.2 Å². The summed E-state index contributed by atoms with van der Waals surface area (Å²) in [4.78, 5) is 13.0. The molecule has 2 aromatic carbocycles. The molecular weight excluding hydrogens is 339 g/mol. The average molecular weight is 355 g/mol. The summed E-state index contributed by atoms with van der Waals surface area (Å²) in [6.07, 6.45) is -4.52. The van der Waals surface area contributed by atoms with Crippen molar-refractivity contribution in [2.45, 2.75) is 23.2 Å². The second-order valence-electron chi connectivity index (χ2n) is 4.97. The number of methoxy groups -OCH3 is 1. The number of rotatable bonds is 5. The van der Waals surface area contributed by atoms with Gasteiger partial charge in [-0.05, 0) is 43.3 Å². The van der Waals surface area contributed by atoms with Crippen LogP contribution in [0.3, 0.4) is 0 Å². The van der Waals surface area contributed by atoms with Gasteiger partial charge in [-0.25, -0.2) is 0 Å². The van der Waals surface area contributed by atoms with E-state index in [-0.39, 0.29) is 5.69 Å². The van der Waals surface area contributed by atoms with Crippen LogP contribution >= 0.6 is 11.8 Å². The third-order valence-corrected chi connectivity index (χ3v) is 4.34. The van der Waals surface area contributed by atoms with Gasteiger partial charge in [-0.1, -0.05) is 12.1 Å². The summed E-state index contributed by atoms with van der Waals surface area (Å²) < 4.78 is 43.9. The number of amides is 1. The third kappa shape index (κ3) is 4.67. The topological polar surface area (TPSA) is 38.3 Å². The van der Waals surface area contributed by atoms with Gasteiger partial charge in [0, 0.05) is 4.90 Å². The first-order valence-electron chi connectivity index (χ1n) is 7.09. The average Bonchev–Trinajstić information content (AvgIpc) is 2.55. The van der Waals surface area contributed by atoms with Crippen molar-refractivity contribution in [3.63, 3.8) is 0 Å². The summed E-state index contributed by atoms with van der Waals surface area (Å²) in [7, 11) is 1.55. The zero-order valence-corrected chi connectivity index (χ0v) is 13.9. The lowest BCUT2D eigenvalue weighted by atomic mass is 10.1. The van der Waals surface area contributed by atoms with E-state index in [1.165, 1.54) is 30.0 Å². The van der Waals surface area contributed by atoms with Crippen LogP contribution in [0.4, 0.5) is 18.9 Å². The van der Waals surface area contributed by atoms with E-state index in [4.69, 9.17) is 4.74 Å². The van der Waals surface area contributed by atoms with Crippen LogP contribution in [-0.4, -0.2) is 18.3 Å². The first-order valence-corrected chi connectivity index (χ1v) is 7.97. The number of hydrogen-bond acceptors (Lipinski definition) is 3. The van der Waals surface area contributed by atoms with Gasteiger partial charge in [-0.15, -0.1) is 11.8 Å². The van der Waals surface area contributed by atoms with E-state index in [0.29, 0.717) is 5.75 Å². The molecule has 0 fully saturated rings. The summed E-state index contributed by atoms with van der Waals surface area (Å²) >= 11 is 1.25. The van der Waals surface area contributed by atoms with Crippen molar-refractivity contribution in [2.24, 2.45) is 0 Å². The quantitative estimate of drug-likeness (QED) is 0.781. The molecule has 0 saturated carbocycles. The predicted molar refractivity (Wildman–Crippen MR) is 88.4 cm³/mol. The summed E-state index contributed by atoms with van der Waals surface area (Å²) in [5.74, 6) is 0.197. The van der Waals surface area contributed by atoms with Crippen molar-refractivity contribution < 1.29 is 22.7 Å². The Balaban J connectivity index is 2.06. The molecule has 0 aliphatic carbocycles. The fourth-order valence-electron chi connectivity index (χ4n) is 1.99. The number of alkyl halides is 3. The van der Waals surface area contributed by atoms with E-state index >= 15 is 0 Å². The second kappa shape index (κ2) is 7.61. The number of carbonyl (C=O) groups is 1. The van der Waals surface area contributed by atoms with Crippen LogP contribution in [0.5, 0.6) is 5.75 Å². The van der Waals surface area contributed by atoms with Crippen LogP contribution in [0.15, 0.2) is 53.4 Å². The van der Waals surface area contributed by atoms with Crippen molar-refractivity contribution in [3.05, 3.63) is 54.1 Å². The standard InChI is InChI=1S/C17H16F3NO2S/c1-11(24-13-9-7-12(23-2)8-10-13)16(22)21-15-6-4-3-5-14(15)17(18,19)20/h3-11H,1-2H3,(H,21,22)/t11-/m0/s1. The summed E-state index contributed by atoms with van der Waals surface area (Å²) in [5, 5.41) is 1.80. The maximum absolute atomic E-state index is 12.9. The number of nitrogens with one attached hydrogen (secondary N) is 1. The van der Waals surface area contributed by atoms with Crippen LogP contribution in [0.1, 0.15) is 12.5 Å². The van der Waals surface area contributed by atoms with Gasteiger partial charge >= 0.3 is 6.18 Å². The minimum absolute atomic E-state index is 0.239. The molecule has 0 aromatic heterocycles. The molecule has 0 bridgehead atoms. The van der Waals surface area contributed by atoms with E-state index < -0.39 is 22.9 Å². The van der Waals surface area contributed by atoms with E-state index in [0.717, 1.165) is 11.0 Å². The molecule has 2 rings (SSSR count). The molecule has 1 N–H and O–H groups in total. The summed E-state index contributed by atoms with van der Waals surface area (Å²) in [6.45, 7) is 1.64. The number of para-hydroxylation sites is 1. The van der Waals surface area contributed by atoms with E-state index in [9.17, 15) is 18.0 Å². The van der Waals surface area contributed by atoms with Crippen LogP contribution in [0, 0.1) is 0 Å². The summed E-state index contributed by atoms with van der Waals surface area (Å²) in [5.41, 5.74) is -1.10. The molecule has 1 amide bonds. The normalized spacial score (nSPS) is 12.5. The van der Waals surface area contributed by atoms with E-state index in [1.54, 1.807) is 38.3 Å². The zero-order chi connectivity index (χ0) is 17.7. The Morgan fingerprint density at radius 1 is 1.12 bits per heavy atom. The first-order chi connectivity index (χ1) is 11.3. The Morgan fingerprint density at radius 3 is 2.33 bits per heavy atom. The van der Waals surface area contributed by atoms with Crippen molar-refractivity contribution in [1.82, 2.24) is 0 Å². The van der Waals surface area contributed by atoms with Crippen LogP contribution in [0.25, 0.3) is 0 Å². The molecule has 24 heavy (non-hydrogen) atoms. The number of benzene rings is 2. The van der Waals surface area contributed by atoms with Crippen LogP contribution in [-0.2, 0) is 11.0 Å². The predicted octanol–water partition coefficient (Wildman–Crippen LogP) is 4.83. The van der Waals surface area contributed by atoms with Crippen molar-refractivity contribution in [1.29, 1.82) is 0 Å². The lowest BCUT2D eigenvalue weighted by molar-refractivity contribution is -0.137. The van der Waals surface area contributed by atoms with Crippen molar-refractivity contribution >= 4 is 23.4 Å². The van der Waals surface area contributed by atoms with Gasteiger partial charge < -0.3 is 10.1 Å². The Kier molecular flexibility index (Phi) is 5.77. The molecule has 0 aliphatic rings. The van der Waals surface area contributed by atoms with Gasteiger partial charge in [0.05, 0.1) is 23.6 Å². The lowest BCUT2D eigenvalue weighted by Crippen LogP contribution is -2.24. The monoisotopic (exact) mass is 355 g/mol. The van der Waals surface area contributed by atoms with Crippen molar-refractivity contribution in [2.75, 3.05) is 12.4 Å². The number of carbonyl (C=O) groups excluding carboxylic acids is 1. The molecule has 7 heteroatoms. The number of thioether (sulfide) groups is 1. The smallest absolute Gasteiger partial charge is 0.418 e. The van der Waals surface area contributed by atoms with Gasteiger partial charge in [-0.3, -0.25) is 4.79 Å². The Bertz CT molecular complexity index is 702. The highest BCUT2D eigenvalue weighted by atomic mass is 32.2. The fourth-order valence-corrected chi connectivity index (χ4v) is 2.85. The minimum atomic E-state index is -4.52. The Morgan fingerprint density at radius 2 is 1.75 bits per heavy atom. The number of ether oxygens (including phenoxy) is 1. The molecule has 0 radical (unpaired) electrons. The Hall–Kier alpha value is -2.15. The van der Waals surface area contributed by atoms with Gasteiger partial charge in [0.15, 0.2) is 0 Å². The van der Waals surface area contributed by atoms with E-state index in [2.05, 4.69) is 5.32 Å². The largest absolute Gasteiger partial charge is 0.497 e. The lowest BCUT2D eigenvalue weighted by Gasteiger charge is -2.16. The fraction of sp³-hybridized carbons (Fsp3) is 0.235. The third-order valence-electron chi connectivity index (χ3n) is 3.23. The molecule has 0 unspecified atom stereocenters. The zero-order valence-electron chi connectivity index (χ0n) is 13.1. The highest BCUT2D eigenvalue weighted by molar-refractivity contribution is 8.00. The second-order valence-corrected chi connectivity index (χ2v) is 6.38. The van der Waals surface area contributed by atoms with Gasteiger partial charge in [0.2, 0.25) is 5.91 Å². The molecular formula is C17H16F3NO2S.